The molecule has 1 aliphatic heterocycles. The van der Waals surface area contributed by atoms with Gasteiger partial charge in [0.2, 0.25) is 0 Å². The third-order valence-corrected chi connectivity index (χ3v) is 6.67. The Morgan fingerprint density at radius 1 is 1.14 bits per heavy atom. The van der Waals surface area contributed by atoms with Gasteiger partial charge in [0.1, 0.15) is 11.0 Å². The molecule has 1 atom stereocenters. The molecule has 164 valence electrons. The molecule has 1 saturated carbocycles. The highest BCUT2D eigenvalue weighted by atomic mass is 32.2. The van der Waals surface area contributed by atoms with E-state index < -0.39 is 11.0 Å². The molecule has 2 fully saturated rings. The predicted molar refractivity (Wildman–Crippen MR) is 120 cm³/mol. The van der Waals surface area contributed by atoms with E-state index in [9.17, 15) is 4.21 Å². The highest BCUT2D eigenvalue weighted by molar-refractivity contribution is 7.82. The molecule has 8 nitrogen and oxygen atoms in total. The van der Waals surface area contributed by atoms with Crippen LogP contribution in [0, 0.1) is 11.8 Å². The third-order valence-electron chi connectivity index (χ3n) is 5.78. The second-order valence-corrected chi connectivity index (χ2v) is 8.86. The number of amidine groups is 1. The molecule has 1 aromatic carbocycles. The Bertz CT molecular complexity index is 671. The van der Waals surface area contributed by atoms with Crippen LogP contribution in [0.4, 0.5) is 0 Å². The maximum absolute atomic E-state index is 12.0. The van der Waals surface area contributed by atoms with Gasteiger partial charge < -0.3 is 16.8 Å². The second-order valence-electron chi connectivity index (χ2n) is 7.85. The maximum atomic E-state index is 12.0. The second kappa shape index (κ2) is 12.9. The SMILES string of the molecule is NCC1CCCCC1.NN/N=C(\N)c1cccc(CC2CCNCC2)c1S(N)=O. The summed E-state index contributed by atoms with van der Waals surface area (Å²) in [5.41, 5.74) is 15.0. The summed E-state index contributed by atoms with van der Waals surface area (Å²) in [6.45, 7) is 2.96. The van der Waals surface area contributed by atoms with Crippen molar-refractivity contribution in [1.29, 1.82) is 0 Å². The molecule has 1 unspecified atom stereocenters. The third kappa shape index (κ3) is 7.67. The van der Waals surface area contributed by atoms with Crippen LogP contribution in [-0.2, 0) is 17.4 Å². The molecule has 10 N–H and O–H groups in total. The summed E-state index contributed by atoms with van der Waals surface area (Å²) in [5, 5.41) is 12.7. The van der Waals surface area contributed by atoms with Crippen LogP contribution in [0.1, 0.15) is 56.1 Å². The zero-order valence-corrected chi connectivity index (χ0v) is 18.1. The Balaban J connectivity index is 0.000000313. The van der Waals surface area contributed by atoms with Crippen molar-refractivity contribution in [2.24, 2.45) is 39.4 Å². The molecule has 2 aliphatic rings. The van der Waals surface area contributed by atoms with E-state index in [1.54, 1.807) is 6.07 Å². The largest absolute Gasteiger partial charge is 0.382 e. The molecule has 1 saturated heterocycles. The van der Waals surface area contributed by atoms with Crippen molar-refractivity contribution in [2.75, 3.05) is 19.6 Å². The van der Waals surface area contributed by atoms with Crippen molar-refractivity contribution >= 4 is 16.8 Å². The number of hydrogen-bond donors (Lipinski definition) is 6. The molecule has 0 radical (unpaired) electrons. The van der Waals surface area contributed by atoms with Gasteiger partial charge in [-0.1, -0.05) is 31.4 Å². The number of nitrogens with zero attached hydrogens (tertiary/aromatic N) is 1. The highest BCUT2D eigenvalue weighted by Crippen LogP contribution is 2.24. The number of hydrazine groups is 1. The average molecular weight is 424 g/mol. The van der Waals surface area contributed by atoms with E-state index in [0.717, 1.165) is 50.4 Å². The first-order valence-corrected chi connectivity index (χ1v) is 11.8. The number of nitrogens with two attached hydrogens (primary N) is 4. The monoisotopic (exact) mass is 423 g/mol. The van der Waals surface area contributed by atoms with Crippen LogP contribution in [0.15, 0.2) is 28.2 Å². The molecule has 9 heteroatoms. The topological polar surface area (TPSA) is 158 Å². The minimum Gasteiger partial charge on any atom is -0.382 e. The van der Waals surface area contributed by atoms with Crippen LogP contribution in [-0.4, -0.2) is 29.7 Å². The molecule has 1 aromatic rings. The molecular formula is C20H37N7OS. The number of hydrogen-bond acceptors (Lipinski definition) is 6. The van der Waals surface area contributed by atoms with Crippen molar-refractivity contribution in [3.05, 3.63) is 29.3 Å². The highest BCUT2D eigenvalue weighted by Gasteiger charge is 2.20. The van der Waals surface area contributed by atoms with Gasteiger partial charge in [0.15, 0.2) is 5.84 Å². The average Bonchev–Trinajstić information content (AvgIpc) is 2.75. The van der Waals surface area contributed by atoms with Crippen LogP contribution in [0.3, 0.4) is 0 Å². The lowest BCUT2D eigenvalue weighted by Crippen LogP contribution is -2.29. The quantitative estimate of drug-likeness (QED) is 0.172. The zero-order chi connectivity index (χ0) is 21.1. The fourth-order valence-corrected chi connectivity index (χ4v) is 4.93. The summed E-state index contributed by atoms with van der Waals surface area (Å²) in [7, 11) is -1.63. The normalized spacial score (nSPS) is 19.9. The van der Waals surface area contributed by atoms with E-state index >= 15 is 0 Å². The molecular weight excluding hydrogens is 386 g/mol. The molecule has 0 spiro atoms. The van der Waals surface area contributed by atoms with Gasteiger partial charge in [0.25, 0.3) is 0 Å². The summed E-state index contributed by atoms with van der Waals surface area (Å²) < 4.78 is 12.0. The van der Waals surface area contributed by atoms with Gasteiger partial charge in [0, 0.05) is 5.56 Å². The van der Waals surface area contributed by atoms with Gasteiger partial charge in [0.05, 0.1) is 4.90 Å². The fourth-order valence-electron chi connectivity index (χ4n) is 4.13. The van der Waals surface area contributed by atoms with E-state index in [2.05, 4.69) is 16.0 Å². The summed E-state index contributed by atoms with van der Waals surface area (Å²) >= 11 is 0. The molecule has 1 heterocycles. The van der Waals surface area contributed by atoms with Gasteiger partial charge in [-0.15, -0.1) is 5.10 Å². The Kier molecular flexibility index (Phi) is 10.6. The molecule has 0 amide bonds. The first kappa shape index (κ1) is 23.8. The lowest BCUT2D eigenvalue weighted by atomic mass is 9.90. The lowest BCUT2D eigenvalue weighted by molar-refractivity contribution is 0.366. The number of nitrogens with one attached hydrogen (secondary N) is 2. The minimum atomic E-state index is -1.63. The van der Waals surface area contributed by atoms with Gasteiger partial charge in [-0.3, -0.25) is 0 Å². The van der Waals surface area contributed by atoms with E-state index in [0.29, 0.717) is 16.4 Å². The van der Waals surface area contributed by atoms with E-state index in [1.807, 2.05) is 12.1 Å². The number of benzene rings is 1. The maximum Gasteiger partial charge on any atom is 0.153 e. The first-order valence-electron chi connectivity index (χ1n) is 10.5. The lowest BCUT2D eigenvalue weighted by Gasteiger charge is -2.23. The van der Waals surface area contributed by atoms with Crippen molar-refractivity contribution < 1.29 is 4.21 Å². The number of rotatable bonds is 6. The summed E-state index contributed by atoms with van der Waals surface area (Å²) in [6.07, 6.45) is 10.1. The van der Waals surface area contributed by atoms with Crippen LogP contribution in [0.5, 0.6) is 0 Å². The van der Waals surface area contributed by atoms with Gasteiger partial charge >= 0.3 is 0 Å². The standard InChI is InChI=1S/C13H22N6OS.C7H15N/c14-13(18-19-15)11-3-1-2-10(12(11)21(16)20)8-9-4-6-17-7-5-9;8-6-7-4-2-1-3-5-7/h1-3,9,17,19H,4-8,15-16H2,(H2,14,18);7H,1-6,8H2. The number of hydrazone groups is 1. The van der Waals surface area contributed by atoms with Crippen molar-refractivity contribution in [2.45, 2.75) is 56.3 Å². The minimum absolute atomic E-state index is 0.179. The van der Waals surface area contributed by atoms with Crippen molar-refractivity contribution in [3.63, 3.8) is 0 Å². The van der Waals surface area contributed by atoms with E-state index in [4.69, 9.17) is 22.4 Å². The van der Waals surface area contributed by atoms with E-state index in [-0.39, 0.29) is 5.84 Å². The predicted octanol–water partition coefficient (Wildman–Crippen LogP) is 0.819. The molecule has 3 rings (SSSR count). The molecule has 0 bridgehead atoms. The Hall–Kier alpha value is -1.52. The van der Waals surface area contributed by atoms with Crippen LogP contribution in [0.2, 0.25) is 0 Å². The van der Waals surface area contributed by atoms with Crippen molar-refractivity contribution in [3.8, 4) is 0 Å². The van der Waals surface area contributed by atoms with Crippen LogP contribution >= 0.6 is 0 Å². The van der Waals surface area contributed by atoms with Crippen molar-refractivity contribution in [1.82, 2.24) is 10.9 Å². The molecule has 0 aromatic heterocycles. The van der Waals surface area contributed by atoms with Crippen LogP contribution < -0.4 is 33.3 Å². The van der Waals surface area contributed by atoms with Gasteiger partial charge in [-0.05, 0) is 75.2 Å². The Morgan fingerprint density at radius 3 is 2.38 bits per heavy atom. The van der Waals surface area contributed by atoms with E-state index in [1.165, 1.54) is 32.1 Å². The number of piperidine rings is 1. The summed E-state index contributed by atoms with van der Waals surface area (Å²) in [6, 6.07) is 5.58. The molecule has 1 aliphatic carbocycles. The van der Waals surface area contributed by atoms with Gasteiger partial charge in [-0.25, -0.2) is 20.7 Å². The molecule has 29 heavy (non-hydrogen) atoms. The van der Waals surface area contributed by atoms with Crippen LogP contribution in [0.25, 0.3) is 0 Å². The Labute approximate surface area is 176 Å². The summed E-state index contributed by atoms with van der Waals surface area (Å²) in [4.78, 5) is 0.549. The van der Waals surface area contributed by atoms with Gasteiger partial charge in [-0.2, -0.15) is 0 Å². The first-order chi connectivity index (χ1) is 14.1. The fraction of sp³-hybridized carbons (Fsp3) is 0.650. The summed E-state index contributed by atoms with van der Waals surface area (Å²) in [5.74, 6) is 6.76. The Morgan fingerprint density at radius 2 is 1.83 bits per heavy atom. The zero-order valence-electron chi connectivity index (χ0n) is 17.2. The smallest absolute Gasteiger partial charge is 0.153 e.